The molecule has 1 atom stereocenters. The number of allylic oxidation sites excluding steroid dienone is 1. The Balaban J connectivity index is 2.67. The second-order valence-corrected chi connectivity index (χ2v) is 6.01. The lowest BCUT2D eigenvalue weighted by Gasteiger charge is -2.23. The Bertz CT molecular complexity index is 320. The average molecular weight is 379 g/mol. The van der Waals surface area contributed by atoms with E-state index >= 15 is 0 Å². The third kappa shape index (κ3) is 4.97. The van der Waals surface area contributed by atoms with Crippen LogP contribution in [0.4, 0.5) is 0 Å². The maximum absolute atomic E-state index is 12.6. The first kappa shape index (κ1) is 16.8. The van der Waals surface area contributed by atoms with Gasteiger partial charge >= 0.3 is 0 Å². The van der Waals surface area contributed by atoms with Gasteiger partial charge in [0.05, 0.1) is 5.57 Å². The zero-order valence-electron chi connectivity index (χ0n) is 12.4. The number of unbranched alkanes of at least 4 members (excludes halogenated alkanes) is 2. The minimum Gasteiger partial charge on any atom is -0.493 e. The second-order valence-electron chi connectivity index (χ2n) is 5.13. The molecule has 0 aliphatic carbocycles. The molecule has 0 aromatic heterocycles. The lowest BCUT2D eigenvalue weighted by Crippen LogP contribution is -2.34. The Labute approximate surface area is 130 Å². The number of ether oxygens (including phenoxy) is 1. The maximum atomic E-state index is 12.6. The Morgan fingerprint density at radius 2 is 1.89 bits per heavy atom. The molecule has 1 amide bonds. The number of carbonyl (C=O) groups is 1. The van der Waals surface area contributed by atoms with Crippen LogP contribution in [-0.2, 0) is 9.53 Å². The largest absolute Gasteiger partial charge is 0.493 e. The monoisotopic (exact) mass is 379 g/mol. The van der Waals surface area contributed by atoms with Crippen molar-refractivity contribution in [2.75, 3.05) is 17.5 Å². The smallest absolute Gasteiger partial charge is 0.253 e. The van der Waals surface area contributed by atoms with Gasteiger partial charge in [-0.1, -0.05) is 49.3 Å². The van der Waals surface area contributed by atoms with Gasteiger partial charge in [0.1, 0.15) is 11.9 Å². The number of alkyl halides is 1. The maximum Gasteiger partial charge on any atom is 0.253 e. The minimum absolute atomic E-state index is 0.193. The highest BCUT2D eigenvalue weighted by molar-refractivity contribution is 14.1. The predicted molar refractivity (Wildman–Crippen MR) is 87.5 cm³/mol. The van der Waals surface area contributed by atoms with E-state index in [2.05, 4.69) is 36.4 Å². The summed E-state index contributed by atoms with van der Waals surface area (Å²) in [6, 6.07) is 0. The third-order valence-corrected chi connectivity index (χ3v) is 4.46. The first-order valence-electron chi connectivity index (χ1n) is 7.35. The fourth-order valence-electron chi connectivity index (χ4n) is 2.26. The van der Waals surface area contributed by atoms with Gasteiger partial charge in [0.25, 0.3) is 5.91 Å². The first-order valence-corrected chi connectivity index (χ1v) is 8.88. The van der Waals surface area contributed by atoms with E-state index < -0.39 is 0 Å². The van der Waals surface area contributed by atoms with Crippen molar-refractivity contribution in [3.8, 4) is 0 Å². The van der Waals surface area contributed by atoms with E-state index in [4.69, 9.17) is 4.74 Å². The highest BCUT2D eigenvalue weighted by Gasteiger charge is 2.29. The van der Waals surface area contributed by atoms with Crippen LogP contribution >= 0.6 is 22.6 Å². The van der Waals surface area contributed by atoms with Crippen LogP contribution in [0.1, 0.15) is 52.9 Å². The van der Waals surface area contributed by atoms with Crippen LogP contribution in [0.25, 0.3) is 0 Å². The standard InChI is InChI=1S/C15H26INO2/c1-4-6-8-17(9-7-5-2)15(18)14-10-13(11-16)19-12(14)3/h13H,4-11H2,1-3H3. The summed E-state index contributed by atoms with van der Waals surface area (Å²) in [6.07, 6.45) is 5.39. The van der Waals surface area contributed by atoms with Gasteiger partial charge in [-0.3, -0.25) is 4.79 Å². The molecular weight excluding hydrogens is 353 g/mol. The molecule has 0 spiro atoms. The van der Waals surface area contributed by atoms with Gasteiger partial charge in [0.15, 0.2) is 0 Å². The van der Waals surface area contributed by atoms with Gasteiger partial charge in [-0.15, -0.1) is 0 Å². The highest BCUT2D eigenvalue weighted by Crippen LogP contribution is 2.27. The van der Waals surface area contributed by atoms with E-state index in [-0.39, 0.29) is 12.0 Å². The first-order chi connectivity index (χ1) is 9.13. The van der Waals surface area contributed by atoms with Crippen LogP contribution < -0.4 is 0 Å². The average Bonchev–Trinajstić information content (AvgIpc) is 2.79. The van der Waals surface area contributed by atoms with E-state index in [1.165, 1.54) is 0 Å². The molecule has 4 heteroatoms. The van der Waals surface area contributed by atoms with Crippen LogP contribution in [0.2, 0.25) is 0 Å². The van der Waals surface area contributed by atoms with Gasteiger partial charge in [-0.25, -0.2) is 0 Å². The summed E-state index contributed by atoms with van der Waals surface area (Å²) in [6.45, 7) is 8.01. The molecule has 1 heterocycles. The molecule has 1 unspecified atom stereocenters. The predicted octanol–water partition coefficient (Wildman–Crippen LogP) is 3.91. The number of hydrogen-bond donors (Lipinski definition) is 0. The Morgan fingerprint density at radius 3 is 2.32 bits per heavy atom. The van der Waals surface area contributed by atoms with Crippen molar-refractivity contribution in [1.29, 1.82) is 0 Å². The summed E-state index contributed by atoms with van der Waals surface area (Å²) in [5.41, 5.74) is 0.897. The molecule has 1 aliphatic heterocycles. The van der Waals surface area contributed by atoms with Crippen molar-refractivity contribution in [3.05, 3.63) is 11.3 Å². The van der Waals surface area contributed by atoms with Crippen LogP contribution in [-0.4, -0.2) is 34.4 Å². The molecule has 19 heavy (non-hydrogen) atoms. The Morgan fingerprint density at radius 1 is 1.32 bits per heavy atom. The van der Waals surface area contributed by atoms with Gasteiger partial charge in [0, 0.05) is 23.9 Å². The van der Waals surface area contributed by atoms with E-state index in [1.54, 1.807) is 0 Å². The molecule has 1 rings (SSSR count). The quantitative estimate of drug-likeness (QED) is 0.473. The van der Waals surface area contributed by atoms with Crippen molar-refractivity contribution in [3.63, 3.8) is 0 Å². The number of halogens is 1. The number of carbonyl (C=O) groups excluding carboxylic acids is 1. The molecule has 110 valence electrons. The molecule has 1 aliphatic rings. The van der Waals surface area contributed by atoms with Crippen LogP contribution in [0.5, 0.6) is 0 Å². The van der Waals surface area contributed by atoms with Gasteiger partial charge < -0.3 is 9.64 Å². The zero-order chi connectivity index (χ0) is 14.3. The number of rotatable bonds is 8. The molecule has 0 aromatic carbocycles. The SMILES string of the molecule is CCCCN(CCCC)C(=O)C1=C(C)OC(CI)C1. The lowest BCUT2D eigenvalue weighted by molar-refractivity contribution is -0.127. The molecule has 0 fully saturated rings. The molecular formula is C15H26INO2. The van der Waals surface area contributed by atoms with E-state index in [0.717, 1.165) is 61.0 Å². The highest BCUT2D eigenvalue weighted by atomic mass is 127. The molecule has 0 radical (unpaired) electrons. The molecule has 3 nitrogen and oxygen atoms in total. The number of hydrogen-bond acceptors (Lipinski definition) is 2. The Kier molecular flexibility index (Phi) is 7.80. The topological polar surface area (TPSA) is 29.5 Å². The van der Waals surface area contributed by atoms with E-state index in [0.29, 0.717) is 0 Å². The van der Waals surface area contributed by atoms with Crippen LogP contribution in [0, 0.1) is 0 Å². The molecule has 0 saturated heterocycles. The van der Waals surface area contributed by atoms with E-state index in [1.807, 2.05) is 11.8 Å². The lowest BCUT2D eigenvalue weighted by atomic mass is 10.1. The van der Waals surface area contributed by atoms with Crippen molar-refractivity contribution in [1.82, 2.24) is 4.90 Å². The number of nitrogens with zero attached hydrogens (tertiary/aromatic N) is 1. The van der Waals surface area contributed by atoms with Gasteiger partial charge in [-0.2, -0.15) is 0 Å². The van der Waals surface area contributed by atoms with Crippen molar-refractivity contribution in [2.24, 2.45) is 0 Å². The summed E-state index contributed by atoms with van der Waals surface area (Å²) in [5.74, 6) is 1.04. The fraction of sp³-hybridized carbons (Fsp3) is 0.800. The fourth-order valence-corrected chi connectivity index (χ4v) is 2.75. The molecule has 0 saturated carbocycles. The van der Waals surface area contributed by atoms with Crippen LogP contribution in [0.15, 0.2) is 11.3 Å². The second kappa shape index (κ2) is 8.82. The van der Waals surface area contributed by atoms with Crippen molar-refractivity contribution >= 4 is 28.5 Å². The van der Waals surface area contributed by atoms with Gasteiger partial charge in [-0.05, 0) is 19.8 Å². The van der Waals surface area contributed by atoms with Gasteiger partial charge in [0.2, 0.25) is 0 Å². The summed E-state index contributed by atoms with van der Waals surface area (Å²) >= 11 is 2.32. The minimum atomic E-state index is 0.193. The summed E-state index contributed by atoms with van der Waals surface area (Å²) in [7, 11) is 0. The third-order valence-electron chi connectivity index (χ3n) is 3.48. The molecule has 0 bridgehead atoms. The summed E-state index contributed by atoms with van der Waals surface area (Å²) in [5, 5.41) is 0. The normalized spacial score (nSPS) is 18.6. The zero-order valence-corrected chi connectivity index (χ0v) is 14.5. The van der Waals surface area contributed by atoms with Crippen LogP contribution in [0.3, 0.4) is 0 Å². The van der Waals surface area contributed by atoms with Crippen molar-refractivity contribution in [2.45, 2.75) is 59.0 Å². The molecule has 0 aromatic rings. The number of amides is 1. The summed E-state index contributed by atoms with van der Waals surface area (Å²) < 4.78 is 6.67. The summed E-state index contributed by atoms with van der Waals surface area (Å²) in [4.78, 5) is 14.6. The van der Waals surface area contributed by atoms with Crippen molar-refractivity contribution < 1.29 is 9.53 Å². The van der Waals surface area contributed by atoms with E-state index in [9.17, 15) is 4.79 Å². The molecule has 0 N–H and O–H groups in total. The Hall–Kier alpha value is -0.260.